The number of nitrogens with zero attached hydrogens (tertiary/aromatic N) is 4. The summed E-state index contributed by atoms with van der Waals surface area (Å²) in [5.74, 6) is -0.249. The van der Waals surface area contributed by atoms with Crippen LogP contribution in [0.1, 0.15) is 5.56 Å². The van der Waals surface area contributed by atoms with Gasteiger partial charge in [0.05, 0.1) is 11.9 Å². The summed E-state index contributed by atoms with van der Waals surface area (Å²) in [5, 5.41) is 7.14. The van der Waals surface area contributed by atoms with Crippen LogP contribution in [0.2, 0.25) is 0 Å². The average Bonchev–Trinajstić information content (AvgIpc) is 3.03. The first-order valence-electron chi connectivity index (χ1n) is 8.01. The van der Waals surface area contributed by atoms with Crippen LogP contribution in [-0.2, 0) is 6.54 Å². The second-order valence-corrected chi connectivity index (χ2v) is 6.22. The van der Waals surface area contributed by atoms with Gasteiger partial charge in [0.25, 0.3) is 0 Å². The molecule has 2 heterocycles. The van der Waals surface area contributed by atoms with Crippen LogP contribution in [0.4, 0.5) is 9.18 Å². The molecule has 7 heteroatoms. The molecule has 1 aromatic heterocycles. The third kappa shape index (κ3) is 3.56. The summed E-state index contributed by atoms with van der Waals surface area (Å²) in [6, 6.07) is 6.46. The van der Waals surface area contributed by atoms with E-state index in [1.165, 1.54) is 12.1 Å². The second-order valence-electron chi connectivity index (χ2n) is 6.22. The van der Waals surface area contributed by atoms with Crippen molar-refractivity contribution in [3.05, 3.63) is 41.8 Å². The van der Waals surface area contributed by atoms with Crippen molar-refractivity contribution in [2.24, 2.45) is 0 Å². The maximum atomic E-state index is 13.1. The number of carbonyl (C=O) groups excluding carboxylic acids is 1. The highest BCUT2D eigenvalue weighted by Gasteiger charge is 2.23. The molecule has 1 aromatic carbocycles. The Kier molecular flexibility index (Phi) is 4.80. The zero-order valence-electron chi connectivity index (χ0n) is 14.0. The molecule has 1 N–H and O–H groups in total. The molecule has 1 aliphatic heterocycles. The van der Waals surface area contributed by atoms with E-state index in [2.05, 4.69) is 15.1 Å². The van der Waals surface area contributed by atoms with Crippen molar-refractivity contribution in [1.82, 2.24) is 24.9 Å². The van der Waals surface area contributed by atoms with E-state index >= 15 is 0 Å². The summed E-state index contributed by atoms with van der Waals surface area (Å²) in [6.45, 7) is 3.86. The summed E-state index contributed by atoms with van der Waals surface area (Å²) < 4.78 is 13.1. The smallest absolute Gasteiger partial charge is 0.319 e. The molecule has 128 valence electrons. The molecule has 3 rings (SSSR count). The van der Waals surface area contributed by atoms with Crippen molar-refractivity contribution < 1.29 is 9.18 Å². The largest absolute Gasteiger partial charge is 0.331 e. The number of nitrogens with one attached hydrogen (secondary N) is 1. The monoisotopic (exact) mass is 331 g/mol. The number of hydrogen-bond donors (Lipinski definition) is 1. The molecule has 0 unspecified atom stereocenters. The van der Waals surface area contributed by atoms with Gasteiger partial charge in [-0.05, 0) is 24.3 Å². The lowest BCUT2D eigenvalue weighted by atomic mass is 10.1. The van der Waals surface area contributed by atoms with Crippen molar-refractivity contribution in [2.45, 2.75) is 6.54 Å². The highest BCUT2D eigenvalue weighted by atomic mass is 19.1. The van der Waals surface area contributed by atoms with Gasteiger partial charge in [0.1, 0.15) is 5.82 Å². The molecular weight excluding hydrogens is 309 g/mol. The molecule has 2 aromatic rings. The second kappa shape index (κ2) is 7.00. The Balaban J connectivity index is 1.63. The Bertz CT molecular complexity index is 689. The molecule has 0 bridgehead atoms. The van der Waals surface area contributed by atoms with Gasteiger partial charge < -0.3 is 9.80 Å². The number of H-pyrrole nitrogens is 1. The molecule has 0 atom stereocenters. The van der Waals surface area contributed by atoms with Crippen LogP contribution in [0.5, 0.6) is 0 Å². The number of hydrogen-bond acceptors (Lipinski definition) is 3. The molecule has 1 saturated heterocycles. The molecule has 24 heavy (non-hydrogen) atoms. The van der Waals surface area contributed by atoms with Crippen molar-refractivity contribution in [1.29, 1.82) is 0 Å². The van der Waals surface area contributed by atoms with Crippen LogP contribution >= 0.6 is 0 Å². The molecule has 1 aliphatic rings. The minimum absolute atomic E-state index is 0.0602. The fraction of sp³-hybridized carbons (Fsp3) is 0.412. The van der Waals surface area contributed by atoms with Crippen LogP contribution in [0, 0.1) is 5.82 Å². The maximum Gasteiger partial charge on any atom is 0.319 e. The Morgan fingerprint density at radius 3 is 2.50 bits per heavy atom. The first-order chi connectivity index (χ1) is 11.5. The number of aromatic nitrogens is 2. The quantitative estimate of drug-likeness (QED) is 0.936. The number of amides is 2. The number of halogens is 1. The van der Waals surface area contributed by atoms with Crippen LogP contribution in [-0.4, -0.2) is 71.2 Å². The Morgan fingerprint density at radius 2 is 1.88 bits per heavy atom. The van der Waals surface area contributed by atoms with Crippen molar-refractivity contribution in [3.63, 3.8) is 0 Å². The van der Waals surface area contributed by atoms with E-state index in [4.69, 9.17) is 0 Å². The van der Waals surface area contributed by atoms with Gasteiger partial charge in [-0.1, -0.05) is 0 Å². The van der Waals surface area contributed by atoms with Crippen LogP contribution in [0.15, 0.2) is 30.5 Å². The zero-order chi connectivity index (χ0) is 17.1. The van der Waals surface area contributed by atoms with Crippen LogP contribution < -0.4 is 0 Å². The lowest BCUT2D eigenvalue weighted by Gasteiger charge is -2.35. The topological polar surface area (TPSA) is 55.5 Å². The molecule has 1 fully saturated rings. The normalized spacial score (nSPS) is 15.5. The first-order valence-corrected chi connectivity index (χ1v) is 8.01. The number of urea groups is 1. The highest BCUT2D eigenvalue weighted by molar-refractivity contribution is 5.73. The third-order valence-corrected chi connectivity index (χ3v) is 4.27. The van der Waals surface area contributed by atoms with Crippen LogP contribution in [0.25, 0.3) is 11.3 Å². The van der Waals surface area contributed by atoms with Crippen molar-refractivity contribution >= 4 is 6.03 Å². The van der Waals surface area contributed by atoms with Crippen molar-refractivity contribution in [2.75, 3.05) is 40.3 Å². The minimum Gasteiger partial charge on any atom is -0.331 e. The molecule has 6 nitrogen and oxygen atoms in total. The Hall–Kier alpha value is -2.41. The fourth-order valence-corrected chi connectivity index (χ4v) is 2.92. The van der Waals surface area contributed by atoms with E-state index < -0.39 is 0 Å². The van der Waals surface area contributed by atoms with E-state index in [-0.39, 0.29) is 11.8 Å². The lowest BCUT2D eigenvalue weighted by molar-refractivity contribution is 0.120. The fourth-order valence-electron chi connectivity index (χ4n) is 2.92. The highest BCUT2D eigenvalue weighted by Crippen LogP contribution is 2.23. The van der Waals surface area contributed by atoms with Gasteiger partial charge in [-0.3, -0.25) is 10.00 Å². The van der Waals surface area contributed by atoms with Gasteiger partial charge in [0.2, 0.25) is 0 Å². The van der Waals surface area contributed by atoms with E-state index in [0.29, 0.717) is 0 Å². The molecule has 0 aliphatic carbocycles. The summed E-state index contributed by atoms with van der Waals surface area (Å²) in [4.78, 5) is 17.8. The first kappa shape index (κ1) is 16.4. The number of benzene rings is 1. The van der Waals surface area contributed by atoms with Gasteiger partial charge in [-0.25, -0.2) is 9.18 Å². The molecule has 0 saturated carbocycles. The zero-order valence-corrected chi connectivity index (χ0v) is 14.0. The summed E-state index contributed by atoms with van der Waals surface area (Å²) in [5.41, 5.74) is 2.92. The van der Waals surface area contributed by atoms with Gasteiger partial charge in [-0.2, -0.15) is 5.10 Å². The Labute approximate surface area is 140 Å². The lowest BCUT2D eigenvalue weighted by Crippen LogP contribution is -2.51. The third-order valence-electron chi connectivity index (χ3n) is 4.27. The minimum atomic E-state index is -0.249. The molecule has 0 spiro atoms. The summed E-state index contributed by atoms with van der Waals surface area (Å²) in [6.07, 6.45) is 1.82. The van der Waals surface area contributed by atoms with Gasteiger partial charge >= 0.3 is 6.03 Å². The predicted molar refractivity (Wildman–Crippen MR) is 89.9 cm³/mol. The number of rotatable bonds is 3. The molecular formula is C17H22FN5O. The summed E-state index contributed by atoms with van der Waals surface area (Å²) in [7, 11) is 3.55. The van der Waals surface area contributed by atoms with Gasteiger partial charge in [-0.15, -0.1) is 0 Å². The Morgan fingerprint density at radius 1 is 1.21 bits per heavy atom. The van der Waals surface area contributed by atoms with E-state index in [0.717, 1.165) is 49.5 Å². The molecule has 0 radical (unpaired) electrons. The number of carbonyl (C=O) groups is 1. The van der Waals surface area contributed by atoms with E-state index in [1.54, 1.807) is 31.1 Å². The van der Waals surface area contributed by atoms with Crippen LogP contribution in [0.3, 0.4) is 0 Å². The number of aromatic amines is 1. The predicted octanol–water partition coefficient (Wildman–Crippen LogP) is 2.01. The summed E-state index contributed by atoms with van der Waals surface area (Å²) >= 11 is 0. The molecule has 2 amide bonds. The van der Waals surface area contributed by atoms with E-state index in [1.807, 2.05) is 11.1 Å². The van der Waals surface area contributed by atoms with Crippen molar-refractivity contribution in [3.8, 4) is 11.3 Å². The van der Waals surface area contributed by atoms with E-state index in [9.17, 15) is 9.18 Å². The standard InChI is InChI=1S/C17H22FN5O/c1-21(2)17(24)23-9-7-22(8-10-23)12-14-11-19-20-16(14)13-3-5-15(18)6-4-13/h3-6,11H,7-10,12H2,1-2H3,(H,19,20). The number of piperazine rings is 1. The average molecular weight is 331 g/mol. The maximum absolute atomic E-state index is 13.1. The van der Waals surface area contributed by atoms with Gasteiger partial charge in [0.15, 0.2) is 0 Å². The van der Waals surface area contributed by atoms with Gasteiger partial charge in [0, 0.05) is 57.9 Å². The SMILES string of the molecule is CN(C)C(=O)N1CCN(Cc2cn[nH]c2-c2ccc(F)cc2)CC1.